The highest BCUT2D eigenvalue weighted by Gasteiger charge is 2.32. The number of rotatable bonds is 6. The van der Waals surface area contributed by atoms with Gasteiger partial charge >= 0.3 is 0 Å². The maximum atomic E-state index is 12.8. The molecule has 0 spiro atoms. The minimum atomic E-state index is -3.43. The minimum Gasteiger partial charge on any atom is -0.330 e. The Morgan fingerprint density at radius 3 is 2.90 bits per heavy atom. The monoisotopic (exact) mass is 314 g/mol. The molecule has 0 aromatic carbocycles. The lowest BCUT2D eigenvalue weighted by Gasteiger charge is -2.27. The third kappa shape index (κ3) is 3.84. The lowest BCUT2D eigenvalue weighted by Crippen LogP contribution is -2.39. The Bertz CT molecular complexity index is 541. The van der Waals surface area contributed by atoms with Gasteiger partial charge in [0.25, 0.3) is 0 Å². The van der Waals surface area contributed by atoms with Gasteiger partial charge in [0.2, 0.25) is 10.0 Å². The smallest absolute Gasteiger partial charge is 0.246 e. The van der Waals surface area contributed by atoms with E-state index in [2.05, 4.69) is 12.0 Å². The van der Waals surface area contributed by atoms with Crippen LogP contribution in [-0.2, 0) is 16.6 Å². The average Bonchev–Trinajstić information content (AvgIpc) is 2.82. The van der Waals surface area contributed by atoms with Crippen molar-refractivity contribution in [3.8, 4) is 0 Å². The summed E-state index contributed by atoms with van der Waals surface area (Å²) in [7, 11) is -3.43. The Balaban J connectivity index is 2.20. The van der Waals surface area contributed by atoms with E-state index in [4.69, 9.17) is 5.73 Å². The molecule has 2 rings (SSSR count). The van der Waals surface area contributed by atoms with Crippen molar-refractivity contribution in [2.75, 3.05) is 13.1 Å². The number of hydrogen-bond donors (Lipinski definition) is 1. The number of nitrogens with two attached hydrogens (primary N) is 1. The molecule has 6 nitrogen and oxygen atoms in total. The predicted molar refractivity (Wildman–Crippen MR) is 82.3 cm³/mol. The van der Waals surface area contributed by atoms with E-state index < -0.39 is 10.0 Å². The molecule has 7 heteroatoms. The van der Waals surface area contributed by atoms with Crippen LogP contribution in [0.4, 0.5) is 0 Å². The Labute approximate surface area is 127 Å². The molecule has 1 unspecified atom stereocenters. The van der Waals surface area contributed by atoms with Gasteiger partial charge in [-0.05, 0) is 32.2 Å². The van der Waals surface area contributed by atoms with Crippen molar-refractivity contribution >= 4 is 10.0 Å². The highest BCUT2D eigenvalue weighted by molar-refractivity contribution is 7.89. The second kappa shape index (κ2) is 7.38. The van der Waals surface area contributed by atoms with Gasteiger partial charge in [-0.25, -0.2) is 8.42 Å². The normalized spacial score (nSPS) is 21.3. The molecule has 1 aliphatic heterocycles. The van der Waals surface area contributed by atoms with Crippen molar-refractivity contribution in [2.24, 2.45) is 5.73 Å². The van der Waals surface area contributed by atoms with Crippen LogP contribution < -0.4 is 5.73 Å². The van der Waals surface area contributed by atoms with Crippen LogP contribution >= 0.6 is 0 Å². The zero-order valence-electron chi connectivity index (χ0n) is 12.7. The largest absolute Gasteiger partial charge is 0.330 e. The molecule has 120 valence electrons. The molecule has 0 saturated carbocycles. The van der Waals surface area contributed by atoms with Gasteiger partial charge in [-0.15, -0.1) is 0 Å². The molecule has 2 heterocycles. The molecule has 0 bridgehead atoms. The number of nitrogens with zero attached hydrogens (tertiary/aromatic N) is 3. The van der Waals surface area contributed by atoms with Gasteiger partial charge in [0, 0.05) is 25.3 Å². The number of aryl methyl sites for hydroxylation is 1. The van der Waals surface area contributed by atoms with Crippen LogP contribution in [-0.4, -0.2) is 41.6 Å². The molecule has 1 aliphatic rings. The first-order chi connectivity index (χ1) is 10.1. The van der Waals surface area contributed by atoms with Gasteiger partial charge in [-0.2, -0.15) is 9.40 Å². The van der Waals surface area contributed by atoms with Gasteiger partial charge < -0.3 is 5.73 Å². The lowest BCUT2D eigenvalue weighted by molar-refractivity contribution is 0.315. The number of hydrogen-bond acceptors (Lipinski definition) is 4. The fourth-order valence-electron chi connectivity index (χ4n) is 2.86. The van der Waals surface area contributed by atoms with E-state index >= 15 is 0 Å². The van der Waals surface area contributed by atoms with Crippen LogP contribution in [0.15, 0.2) is 17.3 Å². The average molecular weight is 314 g/mol. The molecule has 1 atom stereocenters. The summed E-state index contributed by atoms with van der Waals surface area (Å²) in [6.45, 7) is 3.91. The van der Waals surface area contributed by atoms with Crippen molar-refractivity contribution in [1.29, 1.82) is 0 Å². The Kier molecular flexibility index (Phi) is 5.78. The minimum absolute atomic E-state index is 0.116. The van der Waals surface area contributed by atoms with Crippen LogP contribution in [0, 0.1) is 0 Å². The van der Waals surface area contributed by atoms with E-state index in [1.54, 1.807) is 15.2 Å². The first-order valence-corrected chi connectivity index (χ1v) is 9.28. The molecule has 2 N–H and O–H groups in total. The highest BCUT2D eigenvalue weighted by Crippen LogP contribution is 2.26. The molecule has 1 aromatic rings. The van der Waals surface area contributed by atoms with Crippen LogP contribution in [0.2, 0.25) is 0 Å². The molecule has 0 radical (unpaired) electrons. The molecule has 21 heavy (non-hydrogen) atoms. The zero-order valence-corrected chi connectivity index (χ0v) is 13.6. The third-order valence-electron chi connectivity index (χ3n) is 4.10. The molecular formula is C14H26N4O2S. The van der Waals surface area contributed by atoms with Gasteiger partial charge in [0.1, 0.15) is 4.90 Å². The molecule has 1 aromatic heterocycles. The van der Waals surface area contributed by atoms with Crippen molar-refractivity contribution in [3.63, 3.8) is 0 Å². The first kappa shape index (κ1) is 16.5. The van der Waals surface area contributed by atoms with Crippen LogP contribution in [0.5, 0.6) is 0 Å². The van der Waals surface area contributed by atoms with E-state index in [-0.39, 0.29) is 6.04 Å². The Morgan fingerprint density at radius 2 is 2.19 bits per heavy atom. The summed E-state index contributed by atoms with van der Waals surface area (Å²) in [6, 6.07) is 0.116. The van der Waals surface area contributed by atoms with Crippen LogP contribution in [0.1, 0.15) is 45.4 Å². The summed E-state index contributed by atoms with van der Waals surface area (Å²) in [4.78, 5) is 0.305. The zero-order chi connectivity index (χ0) is 15.3. The predicted octanol–water partition coefficient (Wildman–Crippen LogP) is 1.58. The summed E-state index contributed by atoms with van der Waals surface area (Å²) in [5, 5.41) is 4.14. The lowest BCUT2D eigenvalue weighted by atomic mass is 10.1. The highest BCUT2D eigenvalue weighted by atomic mass is 32.2. The van der Waals surface area contributed by atoms with Crippen molar-refractivity contribution in [2.45, 2.75) is 62.9 Å². The van der Waals surface area contributed by atoms with E-state index in [9.17, 15) is 8.42 Å². The second-order valence-electron chi connectivity index (χ2n) is 5.61. The summed E-state index contributed by atoms with van der Waals surface area (Å²) in [6.07, 6.45) is 8.86. The maximum absolute atomic E-state index is 12.8. The van der Waals surface area contributed by atoms with Gasteiger partial charge in [0.05, 0.1) is 6.20 Å². The van der Waals surface area contributed by atoms with E-state index in [1.165, 1.54) is 6.20 Å². The third-order valence-corrected chi connectivity index (χ3v) is 6.01. The Morgan fingerprint density at radius 1 is 1.38 bits per heavy atom. The molecule has 1 saturated heterocycles. The molecule has 0 aliphatic carbocycles. The van der Waals surface area contributed by atoms with E-state index in [0.717, 1.165) is 38.5 Å². The second-order valence-corrected chi connectivity index (χ2v) is 7.50. The first-order valence-electron chi connectivity index (χ1n) is 7.84. The summed E-state index contributed by atoms with van der Waals surface area (Å²) in [5.41, 5.74) is 5.47. The van der Waals surface area contributed by atoms with Gasteiger partial charge in [0.15, 0.2) is 0 Å². The summed E-state index contributed by atoms with van der Waals surface area (Å²) in [5.74, 6) is 0. The van der Waals surface area contributed by atoms with Crippen molar-refractivity contribution < 1.29 is 8.42 Å². The van der Waals surface area contributed by atoms with E-state index in [0.29, 0.717) is 24.5 Å². The summed E-state index contributed by atoms with van der Waals surface area (Å²) >= 11 is 0. The fraction of sp³-hybridized carbons (Fsp3) is 0.786. The van der Waals surface area contributed by atoms with E-state index in [1.807, 2.05) is 0 Å². The molecule has 1 fully saturated rings. The Hall–Kier alpha value is -0.920. The van der Waals surface area contributed by atoms with Crippen LogP contribution in [0.3, 0.4) is 0 Å². The summed E-state index contributed by atoms with van der Waals surface area (Å²) < 4.78 is 29.0. The van der Waals surface area contributed by atoms with Crippen LogP contribution in [0.25, 0.3) is 0 Å². The fourth-order valence-corrected chi connectivity index (χ4v) is 4.59. The topological polar surface area (TPSA) is 81.2 Å². The van der Waals surface area contributed by atoms with Crippen molar-refractivity contribution in [3.05, 3.63) is 12.4 Å². The SMILES string of the molecule is CCC1CCCCCN1S(=O)(=O)c1cnn(CCCN)c1. The standard InChI is InChI=1S/C14H26N4O2S/c1-2-13-7-4-3-5-10-18(13)21(19,20)14-11-16-17(12-14)9-6-8-15/h11-13H,2-10,15H2,1H3. The number of sulfonamides is 1. The number of aromatic nitrogens is 2. The molecule has 0 amide bonds. The van der Waals surface area contributed by atoms with Gasteiger partial charge in [-0.1, -0.05) is 19.8 Å². The quantitative estimate of drug-likeness (QED) is 0.864. The van der Waals surface area contributed by atoms with Crippen molar-refractivity contribution in [1.82, 2.24) is 14.1 Å². The van der Waals surface area contributed by atoms with Gasteiger partial charge in [-0.3, -0.25) is 4.68 Å². The molecular weight excluding hydrogens is 288 g/mol. The maximum Gasteiger partial charge on any atom is 0.246 e.